The average Bonchev–Trinajstić information content (AvgIpc) is 1.30. The third-order valence-electron chi connectivity index (χ3n) is 0.349. The maximum Gasteiger partial charge on any atom is 0.267 e. The third kappa shape index (κ3) is 10.2. The van der Waals surface area contributed by atoms with Gasteiger partial charge in [-0.1, -0.05) is 0 Å². The first-order valence-corrected chi connectivity index (χ1v) is 3.23. The molecular weight excluding hydrogens is 160 g/mol. The van der Waals surface area contributed by atoms with Crippen molar-refractivity contribution in [1.82, 2.24) is 0 Å². The smallest absolute Gasteiger partial charge is 0.267 e. The molecule has 0 atom stereocenters. The SMILES string of the molecule is O=S(=O)(O)CCO.[Ca]. The molecule has 46 valence electrons. The fourth-order valence-electron chi connectivity index (χ4n) is 0.115. The van der Waals surface area contributed by atoms with Crippen LogP contribution in [0.5, 0.6) is 0 Å². The molecular formula is C2H6CaO4S. The Bertz CT molecular complexity index is 127. The Hall–Kier alpha value is 1.13. The van der Waals surface area contributed by atoms with Gasteiger partial charge >= 0.3 is 0 Å². The number of aliphatic hydroxyl groups is 1. The van der Waals surface area contributed by atoms with Gasteiger partial charge in [0.05, 0.1) is 12.4 Å². The molecule has 0 rings (SSSR count). The van der Waals surface area contributed by atoms with Crippen LogP contribution in [0.25, 0.3) is 0 Å². The van der Waals surface area contributed by atoms with E-state index in [0.717, 1.165) is 0 Å². The molecule has 0 saturated heterocycles. The quantitative estimate of drug-likeness (QED) is 0.386. The molecule has 0 saturated carbocycles. The minimum atomic E-state index is -3.92. The maximum absolute atomic E-state index is 9.63. The van der Waals surface area contributed by atoms with Crippen molar-refractivity contribution < 1.29 is 18.1 Å². The Labute approximate surface area is 77.6 Å². The topological polar surface area (TPSA) is 74.6 Å². The Balaban J connectivity index is 0. The van der Waals surface area contributed by atoms with Gasteiger partial charge in [-0.15, -0.1) is 0 Å². The zero-order valence-corrected chi connectivity index (χ0v) is 7.27. The van der Waals surface area contributed by atoms with Gasteiger partial charge in [-0.05, 0) is 0 Å². The molecule has 0 amide bonds. The fraction of sp³-hybridized carbons (Fsp3) is 1.00. The number of aliphatic hydroxyl groups excluding tert-OH is 1. The molecule has 0 heterocycles. The van der Waals surface area contributed by atoms with E-state index in [-0.39, 0.29) is 37.7 Å². The minimum absolute atomic E-state index is 0. The molecule has 0 aliphatic rings. The molecule has 0 aliphatic carbocycles. The zero-order valence-electron chi connectivity index (χ0n) is 4.24. The van der Waals surface area contributed by atoms with E-state index in [1.807, 2.05) is 0 Å². The second-order valence-corrected chi connectivity index (χ2v) is 2.58. The van der Waals surface area contributed by atoms with Gasteiger partial charge in [0.1, 0.15) is 0 Å². The summed E-state index contributed by atoms with van der Waals surface area (Å²) in [5.41, 5.74) is 0. The van der Waals surface area contributed by atoms with Crippen molar-refractivity contribution >= 4 is 47.9 Å². The second-order valence-electron chi connectivity index (χ2n) is 1.01. The standard InChI is InChI=1S/C2H6O4S.Ca/c3-1-2-7(4,5)6;/h3H,1-2H2,(H,4,5,6);. The van der Waals surface area contributed by atoms with Gasteiger partial charge in [-0.25, -0.2) is 0 Å². The van der Waals surface area contributed by atoms with Crippen LogP contribution in [0.1, 0.15) is 0 Å². The first-order chi connectivity index (χ1) is 3.06. The summed E-state index contributed by atoms with van der Waals surface area (Å²) in [5.74, 6) is -0.576. The van der Waals surface area contributed by atoms with Crippen LogP contribution in [-0.4, -0.2) is 68.2 Å². The largest absolute Gasteiger partial charge is 0.395 e. The van der Waals surface area contributed by atoms with Crippen molar-refractivity contribution in [3.05, 3.63) is 0 Å². The second kappa shape index (κ2) is 4.96. The van der Waals surface area contributed by atoms with Crippen molar-refractivity contribution in [2.45, 2.75) is 0 Å². The van der Waals surface area contributed by atoms with E-state index in [1.165, 1.54) is 0 Å². The Morgan fingerprint density at radius 3 is 1.75 bits per heavy atom. The first kappa shape index (κ1) is 11.9. The van der Waals surface area contributed by atoms with Gasteiger partial charge in [0.2, 0.25) is 0 Å². The van der Waals surface area contributed by atoms with Gasteiger partial charge in [0.25, 0.3) is 10.1 Å². The molecule has 0 fully saturated rings. The summed E-state index contributed by atoms with van der Waals surface area (Å²) >= 11 is 0. The van der Waals surface area contributed by atoms with Crippen molar-refractivity contribution in [3.8, 4) is 0 Å². The van der Waals surface area contributed by atoms with Crippen LogP contribution >= 0.6 is 0 Å². The van der Waals surface area contributed by atoms with Crippen LogP contribution in [0, 0.1) is 0 Å². The van der Waals surface area contributed by atoms with Crippen molar-refractivity contribution in [2.24, 2.45) is 0 Å². The monoisotopic (exact) mass is 166 g/mol. The summed E-state index contributed by atoms with van der Waals surface area (Å²) in [4.78, 5) is 0. The molecule has 2 N–H and O–H groups in total. The van der Waals surface area contributed by atoms with E-state index < -0.39 is 22.5 Å². The van der Waals surface area contributed by atoms with Crippen LogP contribution in [0.4, 0.5) is 0 Å². The van der Waals surface area contributed by atoms with Crippen LogP contribution in [0.15, 0.2) is 0 Å². The van der Waals surface area contributed by atoms with Gasteiger partial charge in [0.15, 0.2) is 0 Å². The van der Waals surface area contributed by atoms with Crippen LogP contribution in [-0.2, 0) is 10.1 Å². The fourth-order valence-corrected chi connectivity index (χ4v) is 0.346. The van der Waals surface area contributed by atoms with Crippen molar-refractivity contribution in [1.29, 1.82) is 0 Å². The summed E-state index contributed by atoms with van der Waals surface area (Å²) < 4.78 is 27.1. The number of rotatable bonds is 2. The van der Waals surface area contributed by atoms with E-state index in [1.54, 1.807) is 0 Å². The molecule has 4 nitrogen and oxygen atoms in total. The summed E-state index contributed by atoms with van der Waals surface area (Å²) in [6.45, 7) is -0.529. The minimum Gasteiger partial charge on any atom is -0.395 e. The molecule has 6 heteroatoms. The zero-order chi connectivity index (χ0) is 5.91. The average molecular weight is 166 g/mol. The molecule has 8 heavy (non-hydrogen) atoms. The van der Waals surface area contributed by atoms with Crippen LogP contribution in [0.3, 0.4) is 0 Å². The molecule has 0 aliphatic heterocycles. The summed E-state index contributed by atoms with van der Waals surface area (Å²) in [6, 6.07) is 0. The van der Waals surface area contributed by atoms with Crippen LogP contribution < -0.4 is 0 Å². The third-order valence-corrected chi connectivity index (χ3v) is 1.05. The van der Waals surface area contributed by atoms with E-state index in [9.17, 15) is 8.42 Å². The molecule has 2 radical (unpaired) electrons. The van der Waals surface area contributed by atoms with Gasteiger partial charge in [-0.3, -0.25) is 4.55 Å². The van der Waals surface area contributed by atoms with E-state index in [0.29, 0.717) is 0 Å². The van der Waals surface area contributed by atoms with Gasteiger partial charge < -0.3 is 5.11 Å². The summed E-state index contributed by atoms with van der Waals surface area (Å²) in [7, 11) is -3.92. The Morgan fingerprint density at radius 2 is 1.75 bits per heavy atom. The maximum atomic E-state index is 9.63. The summed E-state index contributed by atoms with van der Waals surface area (Å²) in [6.07, 6.45) is 0. The number of hydrogen-bond donors (Lipinski definition) is 2. The Morgan fingerprint density at radius 1 is 1.38 bits per heavy atom. The normalized spacial score (nSPS) is 10.2. The first-order valence-electron chi connectivity index (χ1n) is 1.62. The molecule has 0 aromatic rings. The molecule has 0 bridgehead atoms. The van der Waals surface area contributed by atoms with Crippen LogP contribution in [0.2, 0.25) is 0 Å². The summed E-state index contributed by atoms with van der Waals surface area (Å²) in [5, 5.41) is 7.86. The molecule has 0 aromatic carbocycles. The van der Waals surface area contributed by atoms with Crippen molar-refractivity contribution in [3.63, 3.8) is 0 Å². The van der Waals surface area contributed by atoms with Gasteiger partial charge in [-0.2, -0.15) is 8.42 Å². The van der Waals surface area contributed by atoms with E-state index >= 15 is 0 Å². The van der Waals surface area contributed by atoms with Crippen molar-refractivity contribution in [2.75, 3.05) is 12.4 Å². The number of hydrogen-bond acceptors (Lipinski definition) is 3. The Kier molecular flexibility index (Phi) is 7.36. The molecule has 0 unspecified atom stereocenters. The van der Waals surface area contributed by atoms with E-state index in [2.05, 4.69) is 0 Å². The molecule has 0 aromatic heterocycles. The van der Waals surface area contributed by atoms with E-state index in [4.69, 9.17) is 9.66 Å². The van der Waals surface area contributed by atoms with Gasteiger partial charge in [0, 0.05) is 37.7 Å². The predicted molar refractivity (Wildman–Crippen MR) is 29.3 cm³/mol. The molecule has 0 spiro atoms. The predicted octanol–water partition coefficient (Wildman–Crippen LogP) is -1.51.